The third-order valence-electron chi connectivity index (χ3n) is 3.36. The van der Waals surface area contributed by atoms with E-state index >= 15 is 0 Å². The number of carbonyl (C=O) groups excluding carboxylic acids is 1. The molecule has 0 aromatic heterocycles. The highest BCUT2D eigenvalue weighted by Gasteiger charge is 2.29. The minimum Gasteiger partial charge on any atom is -0.336 e. The van der Waals surface area contributed by atoms with Crippen molar-refractivity contribution < 1.29 is 9.18 Å². The molecule has 5 heteroatoms. The number of carbonyl (C=O) groups is 1. The van der Waals surface area contributed by atoms with Crippen molar-refractivity contribution in [3.63, 3.8) is 0 Å². The summed E-state index contributed by atoms with van der Waals surface area (Å²) in [5, 5.41) is 0. The highest BCUT2D eigenvalue weighted by Crippen LogP contribution is 2.25. The molecule has 1 saturated heterocycles. The van der Waals surface area contributed by atoms with Crippen LogP contribution in [0.4, 0.5) is 4.39 Å². The van der Waals surface area contributed by atoms with Crippen LogP contribution in [0.25, 0.3) is 0 Å². The number of hydrogen-bond donors (Lipinski definition) is 1. The molecule has 3 nitrogen and oxygen atoms in total. The fourth-order valence-electron chi connectivity index (χ4n) is 2.33. The Kier molecular flexibility index (Phi) is 4.02. The van der Waals surface area contributed by atoms with Crippen LogP contribution in [0.3, 0.4) is 0 Å². The Labute approximate surface area is 114 Å². The number of benzene rings is 1. The first-order valence-electron chi connectivity index (χ1n) is 6.01. The number of piperidine rings is 1. The van der Waals surface area contributed by atoms with Gasteiger partial charge in [0.05, 0.1) is 10.0 Å². The minimum absolute atomic E-state index is 0.0939. The summed E-state index contributed by atoms with van der Waals surface area (Å²) in [6.07, 6.45) is 1.59. The second-order valence-corrected chi connectivity index (χ2v) is 5.53. The lowest BCUT2D eigenvalue weighted by Gasteiger charge is -2.36. The van der Waals surface area contributed by atoms with E-state index < -0.39 is 5.82 Å². The van der Waals surface area contributed by atoms with Crippen LogP contribution in [0.1, 0.15) is 30.1 Å². The van der Waals surface area contributed by atoms with Crippen LogP contribution >= 0.6 is 15.9 Å². The standard InChI is InChI=1S/C13H16BrFN2O/c1-8-7-9(16)5-6-17(8)13(18)10-3-2-4-11(15)12(10)14/h2-4,8-9H,5-7,16H2,1H3. The largest absolute Gasteiger partial charge is 0.336 e. The molecule has 1 amide bonds. The lowest BCUT2D eigenvalue weighted by molar-refractivity contribution is 0.0617. The zero-order chi connectivity index (χ0) is 13.3. The molecule has 0 radical (unpaired) electrons. The highest BCUT2D eigenvalue weighted by molar-refractivity contribution is 9.10. The third kappa shape index (κ3) is 2.57. The Bertz CT molecular complexity index is 466. The normalized spacial score (nSPS) is 24.1. The average molecular weight is 315 g/mol. The first-order valence-corrected chi connectivity index (χ1v) is 6.80. The summed E-state index contributed by atoms with van der Waals surface area (Å²) in [6.45, 7) is 2.61. The smallest absolute Gasteiger partial charge is 0.255 e. The van der Waals surface area contributed by atoms with Gasteiger partial charge in [-0.25, -0.2) is 4.39 Å². The van der Waals surface area contributed by atoms with Crippen LogP contribution in [-0.2, 0) is 0 Å². The van der Waals surface area contributed by atoms with Gasteiger partial charge in [-0.3, -0.25) is 4.79 Å². The molecule has 98 valence electrons. The van der Waals surface area contributed by atoms with Crippen LogP contribution in [0, 0.1) is 5.82 Å². The molecule has 1 aromatic carbocycles. The average Bonchev–Trinajstić information content (AvgIpc) is 2.32. The van der Waals surface area contributed by atoms with Gasteiger partial charge in [-0.1, -0.05) is 6.07 Å². The maximum absolute atomic E-state index is 13.4. The van der Waals surface area contributed by atoms with E-state index in [0.29, 0.717) is 12.1 Å². The van der Waals surface area contributed by atoms with Gasteiger partial charge in [-0.2, -0.15) is 0 Å². The van der Waals surface area contributed by atoms with Crippen LogP contribution in [-0.4, -0.2) is 29.4 Å². The molecule has 2 N–H and O–H groups in total. The summed E-state index contributed by atoms with van der Waals surface area (Å²) in [5.41, 5.74) is 6.25. The fourth-order valence-corrected chi connectivity index (χ4v) is 2.77. The SMILES string of the molecule is CC1CC(N)CCN1C(=O)c1cccc(F)c1Br. The fraction of sp³-hybridized carbons (Fsp3) is 0.462. The minimum atomic E-state index is -0.415. The molecule has 1 aromatic rings. The Hall–Kier alpha value is -0.940. The lowest BCUT2D eigenvalue weighted by atomic mass is 9.98. The molecule has 1 aliphatic heterocycles. The van der Waals surface area contributed by atoms with Gasteiger partial charge in [0, 0.05) is 18.6 Å². The summed E-state index contributed by atoms with van der Waals surface area (Å²) in [4.78, 5) is 14.1. The molecule has 2 rings (SSSR count). The van der Waals surface area contributed by atoms with Crippen molar-refractivity contribution in [1.29, 1.82) is 0 Å². The number of nitrogens with zero attached hydrogens (tertiary/aromatic N) is 1. The summed E-state index contributed by atoms with van der Waals surface area (Å²) >= 11 is 3.13. The first-order chi connectivity index (χ1) is 8.50. The molecule has 0 bridgehead atoms. The van der Waals surface area contributed by atoms with Crippen molar-refractivity contribution in [1.82, 2.24) is 4.90 Å². The molecule has 2 atom stereocenters. The van der Waals surface area contributed by atoms with Crippen molar-refractivity contribution in [3.05, 3.63) is 34.1 Å². The number of hydrogen-bond acceptors (Lipinski definition) is 2. The molecule has 18 heavy (non-hydrogen) atoms. The van der Waals surface area contributed by atoms with Crippen molar-refractivity contribution in [2.75, 3.05) is 6.54 Å². The number of rotatable bonds is 1. The van der Waals surface area contributed by atoms with E-state index in [2.05, 4.69) is 15.9 Å². The predicted molar refractivity (Wildman–Crippen MR) is 71.8 cm³/mol. The molecule has 0 saturated carbocycles. The summed E-state index contributed by atoms with van der Waals surface area (Å²) < 4.78 is 13.7. The van der Waals surface area contributed by atoms with Gasteiger partial charge >= 0.3 is 0 Å². The Morgan fingerprint density at radius 3 is 2.94 bits per heavy atom. The zero-order valence-electron chi connectivity index (χ0n) is 10.2. The maximum atomic E-state index is 13.4. The molecular formula is C13H16BrFN2O. The summed E-state index contributed by atoms with van der Waals surface area (Å²) in [5.74, 6) is -0.553. The number of likely N-dealkylation sites (tertiary alicyclic amines) is 1. The number of amides is 1. The van der Waals surface area contributed by atoms with Gasteiger partial charge in [0.1, 0.15) is 5.82 Å². The summed E-state index contributed by atoms with van der Waals surface area (Å²) in [7, 11) is 0. The topological polar surface area (TPSA) is 46.3 Å². The third-order valence-corrected chi connectivity index (χ3v) is 4.17. The van der Waals surface area contributed by atoms with Crippen molar-refractivity contribution in [2.45, 2.75) is 31.8 Å². The van der Waals surface area contributed by atoms with Gasteiger partial charge in [0.25, 0.3) is 5.91 Å². The quantitative estimate of drug-likeness (QED) is 0.866. The zero-order valence-corrected chi connectivity index (χ0v) is 11.8. The molecule has 0 spiro atoms. The van der Waals surface area contributed by atoms with Crippen LogP contribution in [0.5, 0.6) is 0 Å². The van der Waals surface area contributed by atoms with Gasteiger partial charge in [-0.15, -0.1) is 0 Å². The van der Waals surface area contributed by atoms with E-state index in [4.69, 9.17) is 5.73 Å². The molecule has 1 heterocycles. The van der Waals surface area contributed by atoms with E-state index in [1.165, 1.54) is 6.07 Å². The number of nitrogens with two attached hydrogens (primary N) is 1. The van der Waals surface area contributed by atoms with E-state index in [-0.39, 0.29) is 22.5 Å². The van der Waals surface area contributed by atoms with Crippen LogP contribution in [0.2, 0.25) is 0 Å². The van der Waals surface area contributed by atoms with Crippen LogP contribution < -0.4 is 5.73 Å². The first kappa shape index (κ1) is 13.5. The predicted octanol–water partition coefficient (Wildman–Crippen LogP) is 2.54. The molecule has 1 aliphatic rings. The van der Waals surface area contributed by atoms with Gasteiger partial charge in [-0.05, 0) is 47.8 Å². The van der Waals surface area contributed by atoms with E-state index in [1.54, 1.807) is 17.0 Å². The Morgan fingerprint density at radius 2 is 2.28 bits per heavy atom. The highest BCUT2D eigenvalue weighted by atomic mass is 79.9. The summed E-state index contributed by atoms with van der Waals surface area (Å²) in [6, 6.07) is 4.76. The monoisotopic (exact) mass is 314 g/mol. The Balaban J connectivity index is 2.23. The van der Waals surface area contributed by atoms with Crippen molar-refractivity contribution in [2.24, 2.45) is 5.73 Å². The van der Waals surface area contributed by atoms with Gasteiger partial charge in [0.2, 0.25) is 0 Å². The molecule has 2 unspecified atom stereocenters. The van der Waals surface area contributed by atoms with E-state index in [9.17, 15) is 9.18 Å². The van der Waals surface area contributed by atoms with Crippen molar-refractivity contribution >= 4 is 21.8 Å². The van der Waals surface area contributed by atoms with Crippen LogP contribution in [0.15, 0.2) is 22.7 Å². The molecular weight excluding hydrogens is 299 g/mol. The van der Waals surface area contributed by atoms with Gasteiger partial charge in [0.15, 0.2) is 0 Å². The number of halogens is 2. The molecule has 0 aliphatic carbocycles. The van der Waals surface area contributed by atoms with E-state index in [1.807, 2.05) is 6.92 Å². The van der Waals surface area contributed by atoms with E-state index in [0.717, 1.165) is 12.8 Å². The Morgan fingerprint density at radius 1 is 1.56 bits per heavy atom. The second kappa shape index (κ2) is 5.36. The molecule has 1 fully saturated rings. The second-order valence-electron chi connectivity index (χ2n) is 4.73. The van der Waals surface area contributed by atoms with Gasteiger partial charge < -0.3 is 10.6 Å². The maximum Gasteiger partial charge on any atom is 0.255 e. The van der Waals surface area contributed by atoms with Crippen molar-refractivity contribution in [3.8, 4) is 0 Å². The lowest BCUT2D eigenvalue weighted by Crippen LogP contribution is -2.48.